The number of phenolic OH excluding ortho intramolecular Hbond substituents is 1. The second-order valence-electron chi connectivity index (χ2n) is 2.53. The highest BCUT2D eigenvalue weighted by Crippen LogP contribution is 2.33. The van der Waals surface area contributed by atoms with Gasteiger partial charge in [0.05, 0.1) is 14.2 Å². The van der Waals surface area contributed by atoms with Crippen LogP contribution in [0, 0.1) is 0 Å². The first-order chi connectivity index (χ1) is 6.60. The molecule has 0 saturated heterocycles. The number of ether oxygens (including phenoxy) is 2. The van der Waals surface area contributed by atoms with Crippen LogP contribution in [0.15, 0.2) is 12.1 Å². The lowest BCUT2D eigenvalue weighted by molar-refractivity contribution is 0.0693. The molecule has 5 heteroatoms. The van der Waals surface area contributed by atoms with Gasteiger partial charge in [0.2, 0.25) is 0 Å². The van der Waals surface area contributed by atoms with Crippen molar-refractivity contribution in [2.75, 3.05) is 14.2 Å². The van der Waals surface area contributed by atoms with Crippen molar-refractivity contribution in [1.82, 2.24) is 0 Å². The van der Waals surface area contributed by atoms with Gasteiger partial charge in [-0.2, -0.15) is 0 Å². The van der Waals surface area contributed by atoms with Gasteiger partial charge in [0.1, 0.15) is 11.3 Å². The summed E-state index contributed by atoms with van der Waals surface area (Å²) in [5.41, 5.74) is -0.0536. The highest BCUT2D eigenvalue weighted by Gasteiger charge is 2.15. The van der Waals surface area contributed by atoms with Gasteiger partial charge in [0.25, 0.3) is 0 Å². The third-order valence-electron chi connectivity index (χ3n) is 1.73. The highest BCUT2D eigenvalue weighted by molar-refractivity contribution is 5.92. The van der Waals surface area contributed by atoms with E-state index in [1.165, 1.54) is 26.4 Å². The first kappa shape index (κ1) is 10.2. The predicted octanol–water partition coefficient (Wildman–Crippen LogP) is 1.11. The van der Waals surface area contributed by atoms with Crippen LogP contribution in [0.1, 0.15) is 10.4 Å². The van der Waals surface area contributed by atoms with Crippen LogP contribution in [0.5, 0.6) is 17.2 Å². The average Bonchev–Trinajstić information content (AvgIpc) is 2.16. The molecular formula is C9H10O5. The Kier molecular flexibility index (Phi) is 2.81. The quantitative estimate of drug-likeness (QED) is 0.760. The normalized spacial score (nSPS) is 9.57. The number of benzene rings is 1. The molecule has 5 nitrogen and oxygen atoms in total. The van der Waals surface area contributed by atoms with Crippen LogP contribution in [0.2, 0.25) is 0 Å². The van der Waals surface area contributed by atoms with Gasteiger partial charge in [-0.15, -0.1) is 0 Å². The lowest BCUT2D eigenvalue weighted by atomic mass is 10.2. The minimum atomic E-state index is -1.14. The number of hydrogen-bond donors (Lipinski definition) is 2. The van der Waals surface area contributed by atoms with E-state index in [1.54, 1.807) is 0 Å². The second-order valence-corrected chi connectivity index (χ2v) is 2.53. The van der Waals surface area contributed by atoms with Gasteiger partial charge in [0.15, 0.2) is 11.5 Å². The maximum Gasteiger partial charge on any atom is 0.339 e. The van der Waals surface area contributed by atoms with Gasteiger partial charge < -0.3 is 19.7 Å². The molecule has 14 heavy (non-hydrogen) atoms. The van der Waals surface area contributed by atoms with Crippen LogP contribution in [0.25, 0.3) is 0 Å². The van der Waals surface area contributed by atoms with E-state index in [2.05, 4.69) is 0 Å². The number of carbonyl (C=O) groups is 1. The molecule has 0 aliphatic heterocycles. The third kappa shape index (κ3) is 1.71. The summed E-state index contributed by atoms with van der Waals surface area (Å²) in [6.07, 6.45) is 0. The van der Waals surface area contributed by atoms with Gasteiger partial charge >= 0.3 is 5.97 Å². The molecule has 0 heterocycles. The first-order valence-corrected chi connectivity index (χ1v) is 3.78. The van der Waals surface area contributed by atoms with Crippen molar-refractivity contribution in [3.8, 4) is 17.2 Å². The molecular weight excluding hydrogens is 188 g/mol. The summed E-state index contributed by atoms with van der Waals surface area (Å²) in [4.78, 5) is 10.7. The van der Waals surface area contributed by atoms with Gasteiger partial charge in [-0.3, -0.25) is 0 Å². The van der Waals surface area contributed by atoms with Gasteiger partial charge in [-0.25, -0.2) is 4.79 Å². The van der Waals surface area contributed by atoms with Gasteiger partial charge in [0, 0.05) is 12.1 Å². The number of aromatic carboxylic acids is 1. The SMILES string of the molecule is COc1cc(C(=O)O)c(OC)cc1O. The van der Waals surface area contributed by atoms with E-state index in [1.807, 2.05) is 0 Å². The Morgan fingerprint density at radius 2 is 1.79 bits per heavy atom. The minimum Gasteiger partial charge on any atom is -0.504 e. The molecule has 1 rings (SSSR count). The Bertz CT molecular complexity index is 358. The number of phenols is 1. The molecule has 0 atom stereocenters. The zero-order valence-electron chi connectivity index (χ0n) is 7.77. The van der Waals surface area contributed by atoms with Crippen molar-refractivity contribution in [3.05, 3.63) is 17.7 Å². The van der Waals surface area contributed by atoms with Crippen LogP contribution >= 0.6 is 0 Å². The molecule has 1 aromatic rings. The smallest absolute Gasteiger partial charge is 0.339 e. The fourth-order valence-electron chi connectivity index (χ4n) is 1.05. The molecule has 0 bridgehead atoms. The first-order valence-electron chi connectivity index (χ1n) is 3.78. The average molecular weight is 198 g/mol. The summed E-state index contributed by atoms with van der Waals surface area (Å²) in [5, 5.41) is 18.1. The molecule has 76 valence electrons. The molecule has 0 aliphatic carbocycles. The van der Waals surface area contributed by atoms with E-state index in [-0.39, 0.29) is 22.8 Å². The van der Waals surface area contributed by atoms with Crippen molar-refractivity contribution in [3.63, 3.8) is 0 Å². The number of aromatic hydroxyl groups is 1. The van der Waals surface area contributed by atoms with Crippen molar-refractivity contribution in [2.24, 2.45) is 0 Å². The molecule has 1 aromatic carbocycles. The Labute approximate surface area is 80.5 Å². The van der Waals surface area contributed by atoms with Crippen LogP contribution in [0.4, 0.5) is 0 Å². The molecule has 0 radical (unpaired) electrons. The minimum absolute atomic E-state index is 0.0536. The zero-order chi connectivity index (χ0) is 10.7. The van der Waals surface area contributed by atoms with E-state index in [9.17, 15) is 9.90 Å². The number of carboxylic acid groups (broad SMARTS) is 1. The molecule has 0 saturated carbocycles. The molecule has 2 N–H and O–H groups in total. The summed E-state index contributed by atoms with van der Waals surface area (Å²) in [6.45, 7) is 0. The van der Waals surface area contributed by atoms with Crippen molar-refractivity contribution < 1.29 is 24.5 Å². The summed E-state index contributed by atoms with van der Waals surface area (Å²) < 4.78 is 9.56. The number of hydrogen-bond acceptors (Lipinski definition) is 4. The lowest BCUT2D eigenvalue weighted by Gasteiger charge is -2.08. The van der Waals surface area contributed by atoms with Gasteiger partial charge in [-0.05, 0) is 0 Å². The molecule has 0 unspecified atom stereocenters. The Balaban J connectivity index is 3.32. The van der Waals surface area contributed by atoms with Crippen molar-refractivity contribution >= 4 is 5.97 Å². The maximum absolute atomic E-state index is 10.7. The molecule has 0 fully saturated rings. The summed E-state index contributed by atoms with van der Waals surface area (Å²) in [7, 11) is 2.67. The topological polar surface area (TPSA) is 76.0 Å². The van der Waals surface area contributed by atoms with Crippen LogP contribution < -0.4 is 9.47 Å². The Hall–Kier alpha value is -1.91. The summed E-state index contributed by atoms with van der Waals surface area (Å²) in [6, 6.07) is 2.40. The zero-order valence-corrected chi connectivity index (χ0v) is 7.77. The number of rotatable bonds is 3. The molecule has 0 amide bonds. The summed E-state index contributed by atoms with van der Waals surface area (Å²) in [5.74, 6) is -1.10. The van der Waals surface area contributed by atoms with Crippen molar-refractivity contribution in [1.29, 1.82) is 0 Å². The van der Waals surface area contributed by atoms with E-state index in [0.717, 1.165) is 0 Å². The monoisotopic (exact) mass is 198 g/mol. The fraction of sp³-hybridized carbons (Fsp3) is 0.222. The van der Waals surface area contributed by atoms with E-state index < -0.39 is 5.97 Å². The fourth-order valence-corrected chi connectivity index (χ4v) is 1.05. The highest BCUT2D eigenvalue weighted by atomic mass is 16.5. The Morgan fingerprint density at radius 1 is 1.21 bits per heavy atom. The maximum atomic E-state index is 10.7. The van der Waals surface area contributed by atoms with Crippen LogP contribution in [-0.4, -0.2) is 30.4 Å². The Morgan fingerprint density at radius 3 is 2.21 bits per heavy atom. The third-order valence-corrected chi connectivity index (χ3v) is 1.73. The van der Waals surface area contributed by atoms with Crippen molar-refractivity contribution in [2.45, 2.75) is 0 Å². The summed E-state index contributed by atoms with van der Waals surface area (Å²) >= 11 is 0. The van der Waals surface area contributed by atoms with E-state index in [0.29, 0.717) is 0 Å². The van der Waals surface area contributed by atoms with Gasteiger partial charge in [-0.1, -0.05) is 0 Å². The number of carboxylic acids is 1. The molecule has 0 aliphatic rings. The molecule has 0 spiro atoms. The second kappa shape index (κ2) is 3.87. The van der Waals surface area contributed by atoms with E-state index in [4.69, 9.17) is 14.6 Å². The predicted molar refractivity (Wildman–Crippen MR) is 48.2 cm³/mol. The van der Waals surface area contributed by atoms with Crippen LogP contribution in [-0.2, 0) is 0 Å². The molecule has 0 aromatic heterocycles. The largest absolute Gasteiger partial charge is 0.504 e. The number of methoxy groups -OCH3 is 2. The lowest BCUT2D eigenvalue weighted by Crippen LogP contribution is -2.01. The standard InChI is InChI=1S/C9H10O5/c1-13-7-4-6(10)8(14-2)3-5(7)9(11)12/h3-4,10H,1-2H3,(H,11,12). The van der Waals surface area contributed by atoms with E-state index >= 15 is 0 Å². The van der Waals surface area contributed by atoms with Crippen LogP contribution in [0.3, 0.4) is 0 Å².